The molecule has 3 aliphatic rings. The Kier molecular flexibility index (Phi) is 4.01. The Morgan fingerprint density at radius 2 is 1.96 bits per heavy atom. The number of carbonyl (C=O) groups is 1. The van der Waals surface area contributed by atoms with E-state index in [0.717, 1.165) is 30.0 Å². The number of nitrogens with one attached hydrogen (secondary N) is 1. The van der Waals surface area contributed by atoms with Crippen molar-refractivity contribution in [2.75, 3.05) is 26.2 Å². The van der Waals surface area contributed by atoms with Gasteiger partial charge in [-0.15, -0.1) is 0 Å². The highest BCUT2D eigenvalue weighted by molar-refractivity contribution is 7.80. The lowest BCUT2D eigenvalue weighted by atomic mass is 9.95. The number of fused-ring (bicyclic) bond motifs is 2. The van der Waals surface area contributed by atoms with Crippen LogP contribution in [-0.2, 0) is 0 Å². The largest absolute Gasteiger partial charge is 0.459 e. The zero-order chi connectivity index (χ0) is 15.8. The molecule has 1 amide bonds. The first-order chi connectivity index (χ1) is 11.2. The van der Waals surface area contributed by atoms with Crippen molar-refractivity contribution >= 4 is 23.2 Å². The lowest BCUT2D eigenvalue weighted by molar-refractivity contribution is 0.0658. The van der Waals surface area contributed by atoms with Crippen LogP contribution in [0.25, 0.3) is 0 Å². The van der Waals surface area contributed by atoms with Crippen molar-refractivity contribution in [3.8, 4) is 0 Å². The average Bonchev–Trinajstić information content (AvgIpc) is 3.32. The Bertz CT molecular complexity index is 581. The molecule has 6 heteroatoms. The molecular formula is C17H23N3O2S. The number of piperazine rings is 1. The van der Waals surface area contributed by atoms with Gasteiger partial charge in [0.2, 0.25) is 0 Å². The number of amides is 1. The minimum Gasteiger partial charge on any atom is -0.459 e. The van der Waals surface area contributed by atoms with Crippen LogP contribution in [0.5, 0.6) is 0 Å². The number of carbonyl (C=O) groups excluding carboxylic acids is 1. The van der Waals surface area contributed by atoms with Crippen LogP contribution in [0, 0.1) is 11.8 Å². The SMILES string of the molecule is O=C(c1ccco1)N1CCN(C(=S)N[C@@H]2C[C@H]3CC[C@@H]2C3)CC1. The molecule has 2 saturated carbocycles. The quantitative estimate of drug-likeness (QED) is 0.840. The summed E-state index contributed by atoms with van der Waals surface area (Å²) in [5.41, 5.74) is 0. The van der Waals surface area contributed by atoms with Gasteiger partial charge in [-0.25, -0.2) is 0 Å². The van der Waals surface area contributed by atoms with Gasteiger partial charge in [-0.2, -0.15) is 0 Å². The lowest BCUT2D eigenvalue weighted by Crippen LogP contribution is -2.55. The Balaban J connectivity index is 1.28. The standard InChI is InChI=1S/C17H23N3O2S/c21-16(15-2-1-9-22-15)19-5-7-20(8-6-19)17(23)18-14-11-12-3-4-13(14)10-12/h1-2,9,12-14H,3-8,10-11H2,(H,18,23)/t12-,13+,14+/m0/s1. The Hall–Kier alpha value is -1.56. The number of thiocarbonyl (C=S) groups is 1. The summed E-state index contributed by atoms with van der Waals surface area (Å²) in [7, 11) is 0. The fourth-order valence-corrected chi connectivity index (χ4v) is 4.67. The van der Waals surface area contributed by atoms with Crippen LogP contribution in [0.3, 0.4) is 0 Å². The van der Waals surface area contributed by atoms with Gasteiger partial charge in [0.05, 0.1) is 6.26 Å². The predicted octanol–water partition coefficient (Wildman–Crippen LogP) is 2.10. The average molecular weight is 333 g/mol. The molecule has 5 nitrogen and oxygen atoms in total. The minimum absolute atomic E-state index is 0.0263. The molecular weight excluding hydrogens is 310 g/mol. The summed E-state index contributed by atoms with van der Waals surface area (Å²) in [6, 6.07) is 4.04. The highest BCUT2D eigenvalue weighted by Gasteiger charge is 2.40. The van der Waals surface area contributed by atoms with Gasteiger partial charge in [-0.05, 0) is 55.4 Å². The van der Waals surface area contributed by atoms with E-state index >= 15 is 0 Å². The summed E-state index contributed by atoms with van der Waals surface area (Å²) in [5, 5.41) is 4.46. The summed E-state index contributed by atoms with van der Waals surface area (Å²) in [5.74, 6) is 2.13. The fraction of sp³-hybridized carbons (Fsp3) is 0.647. The van der Waals surface area contributed by atoms with Crippen LogP contribution in [0.4, 0.5) is 0 Å². The normalized spacial score (nSPS) is 29.8. The molecule has 23 heavy (non-hydrogen) atoms. The number of furan rings is 1. The third kappa shape index (κ3) is 2.96. The van der Waals surface area contributed by atoms with Crippen molar-refractivity contribution in [3.05, 3.63) is 24.2 Å². The maximum absolute atomic E-state index is 12.3. The van der Waals surface area contributed by atoms with E-state index in [9.17, 15) is 4.79 Å². The van der Waals surface area contributed by atoms with Crippen molar-refractivity contribution in [2.45, 2.75) is 31.7 Å². The predicted molar refractivity (Wildman–Crippen MR) is 91.2 cm³/mol. The summed E-state index contributed by atoms with van der Waals surface area (Å²) in [6.45, 7) is 2.97. The molecule has 2 aliphatic carbocycles. The molecule has 4 rings (SSSR count). The van der Waals surface area contributed by atoms with Gasteiger partial charge in [-0.3, -0.25) is 4.79 Å². The highest BCUT2D eigenvalue weighted by atomic mass is 32.1. The van der Waals surface area contributed by atoms with Crippen molar-refractivity contribution in [1.82, 2.24) is 15.1 Å². The van der Waals surface area contributed by atoms with Crippen LogP contribution in [0.1, 0.15) is 36.2 Å². The smallest absolute Gasteiger partial charge is 0.289 e. The zero-order valence-corrected chi connectivity index (χ0v) is 14.1. The molecule has 1 aromatic rings. The van der Waals surface area contributed by atoms with Crippen LogP contribution in [-0.4, -0.2) is 53.0 Å². The molecule has 3 fully saturated rings. The molecule has 124 valence electrons. The van der Waals surface area contributed by atoms with E-state index in [1.807, 2.05) is 4.90 Å². The molecule has 0 spiro atoms. The third-order valence-corrected chi connectivity index (χ3v) is 6.01. The van der Waals surface area contributed by atoms with Crippen LogP contribution in [0.2, 0.25) is 0 Å². The van der Waals surface area contributed by atoms with Crippen LogP contribution in [0.15, 0.2) is 22.8 Å². The Morgan fingerprint density at radius 3 is 2.57 bits per heavy atom. The van der Waals surface area contributed by atoms with Crippen molar-refractivity contribution in [1.29, 1.82) is 0 Å². The van der Waals surface area contributed by atoms with Crippen LogP contribution < -0.4 is 5.32 Å². The highest BCUT2D eigenvalue weighted by Crippen LogP contribution is 2.44. The van der Waals surface area contributed by atoms with E-state index in [1.165, 1.54) is 31.9 Å². The Morgan fingerprint density at radius 1 is 1.17 bits per heavy atom. The molecule has 3 atom stereocenters. The molecule has 1 aliphatic heterocycles. The summed E-state index contributed by atoms with van der Waals surface area (Å²) >= 11 is 5.60. The summed E-state index contributed by atoms with van der Waals surface area (Å²) in [4.78, 5) is 16.3. The summed E-state index contributed by atoms with van der Waals surface area (Å²) < 4.78 is 5.20. The molecule has 2 heterocycles. The third-order valence-electron chi connectivity index (χ3n) is 5.63. The van der Waals surface area contributed by atoms with Gasteiger partial charge in [0.25, 0.3) is 5.91 Å². The second-order valence-electron chi connectivity index (χ2n) is 6.99. The molecule has 1 N–H and O–H groups in total. The first-order valence-electron chi connectivity index (χ1n) is 8.59. The van der Waals surface area contributed by atoms with E-state index in [2.05, 4.69) is 10.2 Å². The van der Waals surface area contributed by atoms with E-state index in [0.29, 0.717) is 24.9 Å². The second-order valence-corrected chi connectivity index (χ2v) is 7.37. The lowest BCUT2D eigenvalue weighted by Gasteiger charge is -2.37. The monoisotopic (exact) mass is 333 g/mol. The first kappa shape index (κ1) is 15.0. The van der Waals surface area contributed by atoms with E-state index in [4.69, 9.17) is 16.6 Å². The first-order valence-corrected chi connectivity index (χ1v) is 9.00. The number of nitrogens with zero attached hydrogens (tertiary/aromatic N) is 2. The molecule has 0 aromatic carbocycles. The zero-order valence-electron chi connectivity index (χ0n) is 13.2. The molecule has 2 bridgehead atoms. The van der Waals surface area contributed by atoms with Crippen molar-refractivity contribution in [2.24, 2.45) is 11.8 Å². The fourth-order valence-electron chi connectivity index (χ4n) is 4.34. The maximum Gasteiger partial charge on any atom is 0.289 e. The number of rotatable bonds is 2. The van der Waals surface area contributed by atoms with Gasteiger partial charge in [0, 0.05) is 32.2 Å². The maximum atomic E-state index is 12.3. The van der Waals surface area contributed by atoms with Crippen molar-refractivity contribution < 1.29 is 9.21 Å². The van der Waals surface area contributed by atoms with Gasteiger partial charge in [0.15, 0.2) is 10.9 Å². The number of hydrogen-bond donors (Lipinski definition) is 1. The van der Waals surface area contributed by atoms with Gasteiger partial charge >= 0.3 is 0 Å². The molecule has 1 saturated heterocycles. The number of hydrogen-bond acceptors (Lipinski definition) is 3. The van der Waals surface area contributed by atoms with E-state index < -0.39 is 0 Å². The molecule has 1 aromatic heterocycles. The van der Waals surface area contributed by atoms with Gasteiger partial charge in [-0.1, -0.05) is 6.42 Å². The Labute approximate surface area is 142 Å². The van der Waals surface area contributed by atoms with E-state index in [1.54, 1.807) is 12.1 Å². The second kappa shape index (κ2) is 6.15. The topological polar surface area (TPSA) is 48.7 Å². The van der Waals surface area contributed by atoms with Gasteiger partial charge < -0.3 is 19.5 Å². The van der Waals surface area contributed by atoms with Crippen LogP contribution >= 0.6 is 12.2 Å². The van der Waals surface area contributed by atoms with E-state index in [-0.39, 0.29) is 5.91 Å². The molecule has 0 unspecified atom stereocenters. The molecule has 0 radical (unpaired) electrons. The van der Waals surface area contributed by atoms with Crippen molar-refractivity contribution in [3.63, 3.8) is 0 Å². The minimum atomic E-state index is -0.0263. The summed E-state index contributed by atoms with van der Waals surface area (Å²) in [6.07, 6.45) is 6.96. The van der Waals surface area contributed by atoms with Gasteiger partial charge in [0.1, 0.15) is 0 Å².